The standard InChI is InChI=1S/C10H14O2.C9H12O2.C8H17NO2.C8H10O.C7H15NO2.C7H14O3.C7H8O.C6H13NO2.C6H16NO.C6H12O4.C5H11NO2.C5H12O.C4H10O.C3H9NO.5CH4/c1-3-12-10-7-5-4-6-9(10)8-11-2;1-3-11-9-7-5-4-6-8(9)10-2;1-5-7(9-4)8(10)11-6(2)3;1-9-7-8-5-3-2-4-6-8;1-5(2)10-7(9)6(3)8-4;1-7(2,3)6(8)10-5-9-4;1-8-7-5-3-2-4-6-7;1-5(2)9-6(8)4-7-3;1-7(2,3)5-6-8-4;1-5(2)10-6(7)9-4-8-3;1-3-8-5(7)4-6-2;1-5(2,3)6-4;1-4(2)5-3;1-5-3-2-4;;;;;/h4-7H,3,8H2,1-2H3;4-7H,3H2,1-2H3;6-7,9H,5H2,1-4H3;2-6H,7H2,1H3;5-6,8H,1-4H3;5H2,1-4H3;2-6H,1H3;5,7H,4H2,1-3H3;5-6H2,1-4H3;5H,4H2,1-3H3;6H,3-4H2,1-2H3;1-4H3;4H,1-3H3;2-4H2,1H3;5*1H4/q;;;;;;;;+1;;;;;;;;;;. The summed E-state index contributed by atoms with van der Waals surface area (Å²) in [5.41, 5.74) is 6.94. The molecule has 6 N–H and O–H groups in total. The molecule has 4 rings (SSSR count). The summed E-state index contributed by atoms with van der Waals surface area (Å²) in [5, 5.41) is 11.1. The van der Waals surface area contributed by atoms with Crippen LogP contribution >= 0.6 is 0 Å². The van der Waals surface area contributed by atoms with Gasteiger partial charge >= 0.3 is 36.0 Å². The summed E-state index contributed by atoms with van der Waals surface area (Å²) >= 11 is 0. The van der Waals surface area contributed by atoms with Gasteiger partial charge in [0.25, 0.3) is 0 Å². The number of nitrogens with one attached hydrogen (secondary N) is 4. The Labute approximate surface area is 775 Å². The summed E-state index contributed by atoms with van der Waals surface area (Å²) in [5.74, 6) is 2.42. The lowest BCUT2D eigenvalue weighted by molar-refractivity contribution is -0.870. The smallest absolute Gasteiger partial charge is 0.497 e. The summed E-state index contributed by atoms with van der Waals surface area (Å²) < 4.78 is 92.8. The molecule has 0 bridgehead atoms. The van der Waals surface area contributed by atoms with Crippen molar-refractivity contribution in [3.8, 4) is 23.0 Å². The molecule has 0 amide bonds. The normalized spacial score (nSPS) is 10.0. The third kappa shape index (κ3) is 129. The SMILES string of the molecule is C.C.C.C.C.CCC(NC)C(=O)OC(C)C.CCOC(=O)CNC.CCOc1ccccc1COC.CCOc1ccccc1OC.CNC(C)C(=O)OC(C)C.CNCC(=O)OC(C)C.COC(C)(C)C.COC(C)C.COCCN.COCC[N+](C)(C)C.COCOC(=O)C(C)(C)C.COCOC(=O)OC(C)C.COCc1ccccc1.COc1ccccc1. The Morgan fingerprint density at radius 1 is 0.425 bits per heavy atom. The zero-order valence-corrected chi connectivity index (χ0v) is 82.6. The third-order valence-electron chi connectivity index (χ3n) is 12.8. The molecule has 0 saturated carbocycles. The Bertz CT molecular complexity index is 2860. The van der Waals surface area contributed by atoms with Crippen LogP contribution in [-0.4, -0.2) is 282 Å². The average molecular weight is 1830 g/mol. The number of rotatable bonds is 34. The highest BCUT2D eigenvalue weighted by Crippen LogP contribution is 2.25. The van der Waals surface area contributed by atoms with Crippen molar-refractivity contribution in [2.45, 2.75) is 250 Å². The van der Waals surface area contributed by atoms with E-state index in [0.29, 0.717) is 58.8 Å². The lowest BCUT2D eigenvalue weighted by Crippen LogP contribution is -2.37. The second kappa shape index (κ2) is 109. The van der Waals surface area contributed by atoms with E-state index in [0.717, 1.165) is 52.6 Å². The number of para-hydroxylation sites is 4. The number of hydrogen-bond acceptors (Lipinski definition) is 30. The Morgan fingerprint density at radius 3 is 1.14 bits per heavy atom. The number of hydrogen-bond donors (Lipinski definition) is 5. The molecule has 2 unspecified atom stereocenters. The zero-order chi connectivity index (χ0) is 96.4. The first-order valence-electron chi connectivity index (χ1n) is 40.8. The molecule has 0 radical (unpaired) electrons. The van der Waals surface area contributed by atoms with Gasteiger partial charge in [-0.25, -0.2) is 4.79 Å². The maximum atomic E-state index is 11.1. The summed E-state index contributed by atoms with van der Waals surface area (Å²) in [7, 11) is 29.7. The first-order chi connectivity index (χ1) is 57.2. The van der Waals surface area contributed by atoms with Crippen molar-refractivity contribution in [1.82, 2.24) is 21.3 Å². The summed E-state index contributed by atoms with van der Waals surface area (Å²) in [4.78, 5) is 64.4. The number of methoxy groups -OCH3 is 10. The van der Waals surface area contributed by atoms with Gasteiger partial charge in [0, 0.05) is 69.0 Å². The van der Waals surface area contributed by atoms with Crippen molar-refractivity contribution >= 4 is 36.0 Å². The Kier molecular flexibility index (Phi) is 131. The predicted molar refractivity (Wildman–Crippen MR) is 523 cm³/mol. The molecule has 127 heavy (non-hydrogen) atoms. The molecule has 0 saturated heterocycles. The Balaban J connectivity index is -0.0000000820. The molecule has 0 heterocycles. The van der Waals surface area contributed by atoms with Gasteiger partial charge in [-0.15, -0.1) is 0 Å². The van der Waals surface area contributed by atoms with Crippen molar-refractivity contribution in [3.63, 3.8) is 0 Å². The first-order valence-corrected chi connectivity index (χ1v) is 40.8. The van der Waals surface area contributed by atoms with E-state index in [4.69, 9.17) is 67.3 Å². The fourth-order valence-electron chi connectivity index (χ4n) is 6.47. The van der Waals surface area contributed by atoms with Gasteiger partial charge in [-0.1, -0.05) is 123 Å². The van der Waals surface area contributed by atoms with Gasteiger partial charge in [0.15, 0.2) is 25.1 Å². The van der Waals surface area contributed by atoms with Gasteiger partial charge in [-0.2, -0.15) is 0 Å². The highest BCUT2D eigenvalue weighted by molar-refractivity contribution is 5.76. The van der Waals surface area contributed by atoms with Crippen LogP contribution in [0.1, 0.15) is 200 Å². The van der Waals surface area contributed by atoms with Crippen LogP contribution in [0.15, 0.2) is 109 Å². The first kappa shape index (κ1) is 153. The largest absolute Gasteiger partial charge is 0.510 e. The van der Waals surface area contributed by atoms with E-state index in [1.54, 1.807) is 134 Å². The number of esters is 5. The minimum atomic E-state index is -0.697. The fraction of sp³-hybridized carbons (Fsp3) is 0.688. The second-order valence-corrected chi connectivity index (χ2v) is 29.1. The van der Waals surface area contributed by atoms with Crippen molar-refractivity contribution in [1.29, 1.82) is 0 Å². The number of ether oxygens (including phenoxy) is 19. The van der Waals surface area contributed by atoms with Crippen molar-refractivity contribution in [3.05, 3.63) is 120 Å². The van der Waals surface area contributed by atoms with E-state index in [9.17, 15) is 28.8 Å². The van der Waals surface area contributed by atoms with Crippen LogP contribution in [0.4, 0.5) is 4.79 Å². The maximum Gasteiger partial charge on any atom is 0.510 e. The van der Waals surface area contributed by atoms with E-state index in [1.807, 2.05) is 206 Å². The predicted octanol–water partition coefficient (Wildman–Crippen LogP) is 17.2. The fourth-order valence-corrected chi connectivity index (χ4v) is 6.47. The highest BCUT2D eigenvalue weighted by Gasteiger charge is 2.23. The molecule has 31 nitrogen and oxygen atoms in total. The van der Waals surface area contributed by atoms with E-state index in [2.05, 4.69) is 70.8 Å². The van der Waals surface area contributed by atoms with Gasteiger partial charge in [0.1, 0.15) is 30.1 Å². The average Bonchev–Trinajstić information content (AvgIpc) is 0.937. The van der Waals surface area contributed by atoms with Crippen LogP contribution < -0.4 is 45.9 Å². The summed E-state index contributed by atoms with van der Waals surface area (Å²) in [6.45, 7) is 46.3. The monoisotopic (exact) mass is 1830 g/mol. The molecule has 0 spiro atoms. The lowest BCUT2D eigenvalue weighted by Gasteiger charge is -2.22. The number of likely N-dealkylation sites (N-methyl/N-ethyl adjacent to an activating group) is 5. The van der Waals surface area contributed by atoms with Crippen LogP contribution in [0.25, 0.3) is 0 Å². The molecule has 756 valence electrons. The summed E-state index contributed by atoms with van der Waals surface area (Å²) in [6.07, 6.45) is 0.248. The van der Waals surface area contributed by atoms with Crippen LogP contribution in [0.2, 0.25) is 0 Å². The Morgan fingerprint density at radius 2 is 0.827 bits per heavy atom. The molecular formula is C96H193N6O25+. The molecule has 0 aliphatic carbocycles. The molecule has 31 heteroatoms. The van der Waals surface area contributed by atoms with Crippen LogP contribution in [0, 0.1) is 5.41 Å². The van der Waals surface area contributed by atoms with Crippen molar-refractivity contribution < 1.29 is 123 Å². The van der Waals surface area contributed by atoms with Gasteiger partial charge in [-0.3, -0.25) is 24.0 Å². The maximum absolute atomic E-state index is 11.1. The number of benzene rings is 4. The molecule has 0 aliphatic heterocycles. The quantitative estimate of drug-likeness (QED) is 0.0125. The molecule has 0 aromatic heterocycles. The molecule has 0 aliphatic rings. The summed E-state index contributed by atoms with van der Waals surface area (Å²) in [6, 6.07) is 34.9. The van der Waals surface area contributed by atoms with Crippen molar-refractivity contribution in [2.24, 2.45) is 11.1 Å². The highest BCUT2D eigenvalue weighted by atomic mass is 16.8. The molecule has 2 atom stereocenters. The number of carbonyl (C=O) groups is 6. The number of nitrogens with zero attached hydrogens (tertiary/aromatic N) is 1. The second-order valence-electron chi connectivity index (χ2n) is 29.1. The number of carbonyl (C=O) groups excluding carboxylic acids is 6. The van der Waals surface area contributed by atoms with E-state index >= 15 is 0 Å². The van der Waals surface area contributed by atoms with Crippen LogP contribution in [-0.2, 0) is 108 Å². The van der Waals surface area contributed by atoms with Crippen LogP contribution in [0.5, 0.6) is 23.0 Å². The lowest BCUT2D eigenvalue weighted by atomic mass is 9.98. The third-order valence-corrected chi connectivity index (χ3v) is 12.8. The van der Waals surface area contributed by atoms with Crippen molar-refractivity contribution in [2.75, 3.05) is 193 Å². The van der Waals surface area contributed by atoms with E-state index in [1.165, 1.54) is 19.8 Å². The minimum absolute atomic E-state index is 0. The zero-order valence-electron chi connectivity index (χ0n) is 82.6. The van der Waals surface area contributed by atoms with E-state index in [-0.39, 0.29) is 129 Å². The minimum Gasteiger partial charge on any atom is -0.497 e. The van der Waals surface area contributed by atoms with Gasteiger partial charge in [0.05, 0.1) is 136 Å². The topological polar surface area (TPSA) is 352 Å². The van der Waals surface area contributed by atoms with Gasteiger partial charge in [0.2, 0.25) is 0 Å². The number of nitrogens with two attached hydrogens (primary N) is 1. The molecular weight excluding hydrogens is 1640 g/mol. The molecule has 4 aromatic rings. The van der Waals surface area contributed by atoms with Gasteiger partial charge < -0.3 is 121 Å². The molecule has 4 aromatic carbocycles. The molecule has 0 fully saturated rings. The van der Waals surface area contributed by atoms with E-state index < -0.39 is 11.6 Å². The number of quaternary nitrogens is 1. The van der Waals surface area contributed by atoms with Crippen LogP contribution in [0.3, 0.4) is 0 Å². The Hall–Kier alpha value is -7.86. The van der Waals surface area contributed by atoms with Gasteiger partial charge in [-0.05, 0) is 209 Å².